The van der Waals surface area contributed by atoms with Gasteiger partial charge in [0.25, 0.3) is 0 Å². The molecule has 0 aromatic carbocycles. The molecular weight excluding hydrogens is 248 g/mol. The van der Waals surface area contributed by atoms with E-state index in [4.69, 9.17) is 4.74 Å². The molecule has 0 aromatic heterocycles. The minimum Gasteiger partial charge on any atom is -0.479 e. The average molecular weight is 268 g/mol. The molecule has 2 aliphatic heterocycles. The average Bonchev–Trinajstić information content (AvgIpc) is 2.47. The predicted octanol–water partition coefficient (Wildman–Crippen LogP) is 0.934. The molecule has 1 saturated heterocycles. The predicted molar refractivity (Wildman–Crippen MR) is 68.9 cm³/mol. The summed E-state index contributed by atoms with van der Waals surface area (Å²) in [6.45, 7) is 2.24. The molecule has 6 nitrogen and oxygen atoms in total. The Morgan fingerprint density at radius 1 is 1.16 bits per heavy atom. The lowest BCUT2D eigenvalue weighted by molar-refractivity contribution is -0.167. The fourth-order valence-electron chi connectivity index (χ4n) is 2.58. The van der Waals surface area contributed by atoms with Crippen molar-refractivity contribution < 1.29 is 19.4 Å². The molecule has 19 heavy (non-hydrogen) atoms. The zero-order valence-corrected chi connectivity index (χ0v) is 11.2. The van der Waals surface area contributed by atoms with Crippen molar-refractivity contribution in [3.63, 3.8) is 0 Å². The molecule has 6 heteroatoms. The van der Waals surface area contributed by atoms with Gasteiger partial charge < -0.3 is 19.6 Å². The van der Waals surface area contributed by atoms with E-state index >= 15 is 0 Å². The van der Waals surface area contributed by atoms with Crippen LogP contribution in [0.2, 0.25) is 0 Å². The van der Waals surface area contributed by atoms with Crippen molar-refractivity contribution in [2.24, 2.45) is 0 Å². The molecule has 0 saturated carbocycles. The number of rotatable bonds is 2. The van der Waals surface area contributed by atoms with Crippen LogP contribution in [0.3, 0.4) is 0 Å². The van der Waals surface area contributed by atoms with Crippen LogP contribution in [0.1, 0.15) is 19.3 Å². The summed E-state index contributed by atoms with van der Waals surface area (Å²) in [6.07, 6.45) is 5.63. The van der Waals surface area contributed by atoms with Crippen molar-refractivity contribution >= 4 is 12.0 Å². The van der Waals surface area contributed by atoms with Gasteiger partial charge in [-0.15, -0.1) is 0 Å². The zero-order valence-electron chi connectivity index (χ0n) is 11.2. The Labute approximate surface area is 112 Å². The number of piperidine rings is 1. The van der Waals surface area contributed by atoms with Crippen LogP contribution in [-0.4, -0.2) is 65.8 Å². The van der Waals surface area contributed by atoms with Gasteiger partial charge in [0, 0.05) is 46.1 Å². The number of ether oxygens (including phenoxy) is 1. The molecule has 0 bridgehead atoms. The summed E-state index contributed by atoms with van der Waals surface area (Å²) in [5.41, 5.74) is -1.13. The van der Waals surface area contributed by atoms with Crippen molar-refractivity contribution in [2.45, 2.75) is 24.9 Å². The highest BCUT2D eigenvalue weighted by Crippen LogP contribution is 2.26. The number of nitrogens with zero attached hydrogens (tertiary/aromatic N) is 2. The number of hydrogen-bond acceptors (Lipinski definition) is 3. The molecule has 2 aliphatic rings. The van der Waals surface area contributed by atoms with Crippen molar-refractivity contribution in [1.29, 1.82) is 0 Å². The molecule has 0 aromatic rings. The smallest absolute Gasteiger partial charge is 0.336 e. The quantitative estimate of drug-likeness (QED) is 0.756. The second kappa shape index (κ2) is 5.61. The van der Waals surface area contributed by atoms with Crippen LogP contribution in [-0.2, 0) is 9.53 Å². The Hall–Kier alpha value is -1.56. The van der Waals surface area contributed by atoms with E-state index in [1.54, 1.807) is 9.80 Å². The first-order valence-corrected chi connectivity index (χ1v) is 6.56. The van der Waals surface area contributed by atoms with E-state index in [9.17, 15) is 14.7 Å². The molecule has 2 heterocycles. The normalized spacial score (nSPS) is 22.4. The lowest BCUT2D eigenvalue weighted by atomic mass is 9.91. The third-order valence-electron chi connectivity index (χ3n) is 3.95. The second-order valence-corrected chi connectivity index (χ2v) is 4.98. The summed E-state index contributed by atoms with van der Waals surface area (Å²) in [7, 11) is 1.42. The molecule has 2 amide bonds. The number of carboxylic acids is 1. The molecule has 0 unspecified atom stereocenters. The van der Waals surface area contributed by atoms with Crippen molar-refractivity contribution in [3.8, 4) is 0 Å². The van der Waals surface area contributed by atoms with Crippen LogP contribution in [0.5, 0.6) is 0 Å². The van der Waals surface area contributed by atoms with Gasteiger partial charge in [0.05, 0.1) is 0 Å². The Kier molecular flexibility index (Phi) is 4.09. The number of carbonyl (C=O) groups excluding carboxylic acids is 1. The molecule has 0 radical (unpaired) electrons. The van der Waals surface area contributed by atoms with Crippen LogP contribution in [0, 0.1) is 0 Å². The van der Waals surface area contributed by atoms with Crippen molar-refractivity contribution in [3.05, 3.63) is 12.2 Å². The van der Waals surface area contributed by atoms with E-state index in [-0.39, 0.29) is 6.03 Å². The summed E-state index contributed by atoms with van der Waals surface area (Å²) < 4.78 is 5.15. The number of hydrogen-bond donors (Lipinski definition) is 1. The largest absolute Gasteiger partial charge is 0.479 e. The molecule has 1 N–H and O–H groups in total. The maximum atomic E-state index is 12.3. The minimum atomic E-state index is -1.13. The first-order valence-electron chi connectivity index (χ1n) is 6.56. The van der Waals surface area contributed by atoms with E-state index < -0.39 is 11.6 Å². The van der Waals surface area contributed by atoms with Gasteiger partial charge in [-0.1, -0.05) is 12.2 Å². The monoisotopic (exact) mass is 268 g/mol. The Morgan fingerprint density at radius 3 is 2.32 bits per heavy atom. The standard InChI is InChI=1S/C13H20N2O4/c1-19-13(11(16)17)5-9-15(10-6-13)12(18)14-7-3-2-4-8-14/h2-3H,4-10H2,1H3,(H,16,17). The highest BCUT2D eigenvalue weighted by atomic mass is 16.5. The number of methoxy groups -OCH3 is 1. The van der Waals surface area contributed by atoms with Crippen molar-refractivity contribution in [1.82, 2.24) is 9.80 Å². The highest BCUT2D eigenvalue weighted by molar-refractivity contribution is 5.79. The molecular formula is C13H20N2O4. The van der Waals surface area contributed by atoms with Crippen LogP contribution >= 0.6 is 0 Å². The summed E-state index contributed by atoms with van der Waals surface area (Å²) in [5.74, 6) is -0.942. The fourth-order valence-corrected chi connectivity index (χ4v) is 2.58. The van der Waals surface area contributed by atoms with Gasteiger partial charge in [0.1, 0.15) is 0 Å². The molecule has 0 atom stereocenters. The van der Waals surface area contributed by atoms with Gasteiger partial charge in [-0.2, -0.15) is 0 Å². The number of urea groups is 1. The van der Waals surface area contributed by atoms with Gasteiger partial charge in [-0.3, -0.25) is 0 Å². The number of carboxylic acid groups (broad SMARTS) is 1. The van der Waals surface area contributed by atoms with Crippen LogP contribution in [0.4, 0.5) is 4.79 Å². The number of carbonyl (C=O) groups is 2. The molecule has 1 fully saturated rings. The van der Waals surface area contributed by atoms with E-state index in [2.05, 4.69) is 6.08 Å². The first-order chi connectivity index (χ1) is 9.09. The summed E-state index contributed by atoms with van der Waals surface area (Å²) >= 11 is 0. The summed E-state index contributed by atoms with van der Waals surface area (Å²) in [5, 5.41) is 9.21. The van der Waals surface area contributed by atoms with E-state index in [1.807, 2.05) is 6.08 Å². The topological polar surface area (TPSA) is 70.1 Å². The Morgan fingerprint density at radius 2 is 1.84 bits per heavy atom. The van der Waals surface area contributed by atoms with E-state index in [0.717, 1.165) is 13.0 Å². The van der Waals surface area contributed by atoms with Gasteiger partial charge in [-0.05, 0) is 6.42 Å². The van der Waals surface area contributed by atoms with Gasteiger partial charge in [0.15, 0.2) is 5.60 Å². The number of amides is 2. The highest BCUT2D eigenvalue weighted by Gasteiger charge is 2.43. The maximum absolute atomic E-state index is 12.3. The number of likely N-dealkylation sites (tertiary alicyclic amines) is 1. The summed E-state index contributed by atoms with van der Waals surface area (Å²) in [6, 6.07) is -0.000517. The van der Waals surface area contributed by atoms with Crippen LogP contribution < -0.4 is 0 Å². The van der Waals surface area contributed by atoms with E-state index in [1.165, 1.54) is 7.11 Å². The molecule has 0 aliphatic carbocycles. The second-order valence-electron chi connectivity index (χ2n) is 4.98. The lowest BCUT2D eigenvalue weighted by Gasteiger charge is -2.39. The molecule has 0 spiro atoms. The lowest BCUT2D eigenvalue weighted by Crippen LogP contribution is -2.54. The van der Waals surface area contributed by atoms with E-state index in [0.29, 0.717) is 32.5 Å². The number of aliphatic carboxylic acids is 1. The Balaban J connectivity index is 1.94. The maximum Gasteiger partial charge on any atom is 0.336 e. The minimum absolute atomic E-state index is 0.000517. The summed E-state index contributed by atoms with van der Waals surface area (Å²) in [4.78, 5) is 27.0. The third-order valence-corrected chi connectivity index (χ3v) is 3.95. The van der Waals surface area contributed by atoms with Gasteiger partial charge in [0.2, 0.25) is 0 Å². The molecule has 106 valence electrons. The van der Waals surface area contributed by atoms with Crippen molar-refractivity contribution in [2.75, 3.05) is 33.3 Å². The third kappa shape index (κ3) is 2.73. The first kappa shape index (κ1) is 13.9. The van der Waals surface area contributed by atoms with Gasteiger partial charge >= 0.3 is 12.0 Å². The van der Waals surface area contributed by atoms with Crippen LogP contribution in [0.25, 0.3) is 0 Å². The van der Waals surface area contributed by atoms with Gasteiger partial charge in [-0.25, -0.2) is 9.59 Å². The zero-order chi connectivity index (χ0) is 13.9. The Bertz CT molecular complexity index is 386. The molecule has 2 rings (SSSR count). The SMILES string of the molecule is COC1(C(=O)O)CCN(C(=O)N2CC=CCC2)CC1. The van der Waals surface area contributed by atoms with Crippen LogP contribution in [0.15, 0.2) is 12.2 Å². The fraction of sp³-hybridized carbons (Fsp3) is 0.692.